The Balaban J connectivity index is 2.53. The number of carbonyl (C=O) groups excluding carboxylic acids is 2. The number of nitrogens with one attached hydrogen (secondary N) is 1. The molecule has 0 aromatic heterocycles. The van der Waals surface area contributed by atoms with Crippen molar-refractivity contribution in [2.45, 2.75) is 31.9 Å². The molecule has 132 valence electrons. The molecule has 1 amide bonds. The maximum Gasteiger partial charge on any atom is 0.408 e. The van der Waals surface area contributed by atoms with Crippen LogP contribution in [-0.4, -0.2) is 31.3 Å². The first kappa shape index (κ1) is 20.0. The fraction of sp³-hybridized carbons (Fsp3) is 0.412. The molecule has 1 atom stereocenters. The van der Waals surface area contributed by atoms with E-state index >= 15 is 0 Å². The molecule has 1 aromatic carbocycles. The van der Waals surface area contributed by atoms with Gasteiger partial charge in [0.25, 0.3) is 0 Å². The van der Waals surface area contributed by atoms with Crippen LogP contribution >= 0.6 is 11.6 Å². The molecular weight excluding hydrogens is 332 g/mol. The zero-order valence-electron chi connectivity index (χ0n) is 13.5. The summed E-state index contributed by atoms with van der Waals surface area (Å²) >= 11 is 6.00. The maximum absolute atomic E-state index is 12.0. The number of hydrogen-bond donors (Lipinski definition) is 2. The Kier molecular flexibility index (Phi) is 9.56. The molecule has 0 saturated carbocycles. The van der Waals surface area contributed by atoms with Crippen LogP contribution in [0.25, 0.3) is 0 Å². The topological polar surface area (TPSA) is 90.6 Å². The predicted octanol–water partition coefficient (Wildman–Crippen LogP) is 2.79. The van der Waals surface area contributed by atoms with Gasteiger partial charge >= 0.3 is 12.1 Å². The van der Waals surface area contributed by atoms with E-state index in [1.54, 1.807) is 24.3 Å². The minimum Gasteiger partial charge on any atom is -0.460 e. The van der Waals surface area contributed by atoms with Crippen molar-refractivity contribution >= 4 is 23.7 Å². The van der Waals surface area contributed by atoms with E-state index in [9.17, 15) is 9.59 Å². The minimum atomic E-state index is -0.782. The third-order valence-electron chi connectivity index (χ3n) is 3.18. The highest BCUT2D eigenvalue weighted by Crippen LogP contribution is 2.15. The number of unbranched alkanes of at least 4 members (excludes halogenated alkanes) is 1. The molecule has 0 aliphatic rings. The lowest BCUT2D eigenvalue weighted by molar-refractivity contribution is -0.145. The van der Waals surface area contributed by atoms with Crippen molar-refractivity contribution in [1.82, 2.24) is 5.32 Å². The first-order valence-corrected chi connectivity index (χ1v) is 8.10. The molecule has 1 unspecified atom stereocenters. The van der Waals surface area contributed by atoms with Gasteiger partial charge in [0.2, 0.25) is 0 Å². The number of esters is 1. The monoisotopic (exact) mass is 354 g/mol. The highest BCUT2D eigenvalue weighted by Gasteiger charge is 2.22. The normalized spacial score (nSPS) is 11.4. The van der Waals surface area contributed by atoms with E-state index in [1.807, 2.05) is 0 Å². The van der Waals surface area contributed by atoms with Crippen molar-refractivity contribution < 1.29 is 19.1 Å². The smallest absolute Gasteiger partial charge is 0.408 e. The van der Waals surface area contributed by atoms with Crippen LogP contribution < -0.4 is 11.1 Å². The van der Waals surface area contributed by atoms with Crippen molar-refractivity contribution in [3.63, 3.8) is 0 Å². The van der Waals surface area contributed by atoms with E-state index in [1.165, 1.54) is 6.08 Å². The van der Waals surface area contributed by atoms with E-state index in [-0.39, 0.29) is 13.2 Å². The second kappa shape index (κ2) is 11.5. The number of halogens is 1. The fourth-order valence-corrected chi connectivity index (χ4v) is 2.12. The summed E-state index contributed by atoms with van der Waals surface area (Å²) in [6.07, 6.45) is 2.62. The van der Waals surface area contributed by atoms with E-state index in [4.69, 9.17) is 26.8 Å². The Hall–Kier alpha value is -2.05. The fourth-order valence-electron chi connectivity index (χ4n) is 1.93. The van der Waals surface area contributed by atoms with Crippen molar-refractivity contribution in [3.05, 3.63) is 47.5 Å². The maximum atomic E-state index is 12.0. The molecule has 24 heavy (non-hydrogen) atoms. The molecule has 1 aromatic rings. The first-order chi connectivity index (χ1) is 11.6. The molecule has 0 saturated heterocycles. The summed E-state index contributed by atoms with van der Waals surface area (Å²) in [5.74, 6) is -0.526. The predicted molar refractivity (Wildman–Crippen MR) is 92.6 cm³/mol. The van der Waals surface area contributed by atoms with Gasteiger partial charge in [-0.05, 0) is 31.9 Å². The van der Waals surface area contributed by atoms with E-state index in [0.29, 0.717) is 30.0 Å². The van der Waals surface area contributed by atoms with Crippen molar-refractivity contribution in [1.29, 1.82) is 0 Å². The second-order valence-corrected chi connectivity index (χ2v) is 5.47. The molecule has 0 aliphatic heterocycles. The van der Waals surface area contributed by atoms with Gasteiger partial charge in [-0.1, -0.05) is 42.5 Å². The summed E-state index contributed by atoms with van der Waals surface area (Å²) in [6, 6.07) is 6.27. The molecule has 0 spiro atoms. The first-order valence-electron chi connectivity index (χ1n) is 7.72. The number of carbonyl (C=O) groups is 2. The van der Waals surface area contributed by atoms with Gasteiger partial charge in [-0.2, -0.15) is 0 Å². The summed E-state index contributed by atoms with van der Waals surface area (Å²) in [5, 5.41) is 3.03. The molecule has 0 bridgehead atoms. The van der Waals surface area contributed by atoms with E-state index < -0.39 is 18.1 Å². The minimum absolute atomic E-state index is 0.0166. The SMILES string of the molecule is C=CCOC(=O)C(CCCCN)NC(=O)OCc1ccccc1Cl. The van der Waals surface area contributed by atoms with Gasteiger partial charge in [0, 0.05) is 10.6 Å². The van der Waals surface area contributed by atoms with Crippen LogP contribution in [0.15, 0.2) is 36.9 Å². The van der Waals surface area contributed by atoms with Crippen molar-refractivity contribution in [2.24, 2.45) is 5.73 Å². The Morgan fingerprint density at radius 2 is 2.04 bits per heavy atom. The third-order valence-corrected chi connectivity index (χ3v) is 3.55. The van der Waals surface area contributed by atoms with Gasteiger partial charge in [0.15, 0.2) is 0 Å². The Labute approximate surface area is 146 Å². The number of ether oxygens (including phenoxy) is 2. The van der Waals surface area contributed by atoms with Gasteiger partial charge in [-0.25, -0.2) is 9.59 Å². The van der Waals surface area contributed by atoms with Crippen molar-refractivity contribution in [3.8, 4) is 0 Å². The van der Waals surface area contributed by atoms with Gasteiger partial charge < -0.3 is 20.5 Å². The molecule has 6 nitrogen and oxygen atoms in total. The molecule has 0 fully saturated rings. The van der Waals surface area contributed by atoms with Gasteiger partial charge in [-0.3, -0.25) is 0 Å². The summed E-state index contributed by atoms with van der Waals surface area (Å²) in [6.45, 7) is 4.10. The van der Waals surface area contributed by atoms with Crippen molar-refractivity contribution in [2.75, 3.05) is 13.2 Å². The molecule has 7 heteroatoms. The van der Waals surface area contributed by atoms with Crippen LogP contribution in [-0.2, 0) is 20.9 Å². The van der Waals surface area contributed by atoms with Crippen LogP contribution in [0.5, 0.6) is 0 Å². The number of alkyl carbamates (subject to hydrolysis) is 1. The summed E-state index contributed by atoms with van der Waals surface area (Å²) < 4.78 is 10.1. The van der Waals surface area contributed by atoms with E-state index in [0.717, 1.165) is 6.42 Å². The number of hydrogen-bond acceptors (Lipinski definition) is 5. The quantitative estimate of drug-likeness (QED) is 0.383. The number of benzene rings is 1. The number of rotatable bonds is 10. The van der Waals surface area contributed by atoms with Crippen LogP contribution in [0.1, 0.15) is 24.8 Å². The lowest BCUT2D eigenvalue weighted by atomic mass is 10.1. The lowest BCUT2D eigenvalue weighted by Gasteiger charge is -2.17. The Morgan fingerprint density at radius 1 is 1.29 bits per heavy atom. The highest BCUT2D eigenvalue weighted by atomic mass is 35.5. The van der Waals surface area contributed by atoms with Gasteiger partial charge in [0.1, 0.15) is 19.3 Å². The number of nitrogens with two attached hydrogens (primary N) is 1. The van der Waals surface area contributed by atoms with E-state index in [2.05, 4.69) is 11.9 Å². The standard InChI is InChI=1S/C17H23ClN2O4/c1-2-11-23-16(21)15(9-5-6-10-19)20-17(22)24-12-13-7-3-4-8-14(13)18/h2-4,7-8,15H,1,5-6,9-12,19H2,(H,20,22). The summed E-state index contributed by atoms with van der Waals surface area (Å²) in [5.41, 5.74) is 6.13. The Morgan fingerprint density at radius 3 is 2.71 bits per heavy atom. The lowest BCUT2D eigenvalue weighted by Crippen LogP contribution is -2.42. The average Bonchev–Trinajstić information content (AvgIpc) is 2.58. The summed E-state index contributed by atoms with van der Waals surface area (Å²) in [4.78, 5) is 23.9. The highest BCUT2D eigenvalue weighted by molar-refractivity contribution is 6.31. The molecule has 0 radical (unpaired) electrons. The zero-order valence-corrected chi connectivity index (χ0v) is 14.3. The Bertz CT molecular complexity index is 551. The number of amides is 1. The van der Waals surface area contributed by atoms with Gasteiger partial charge in [-0.15, -0.1) is 0 Å². The van der Waals surface area contributed by atoms with Gasteiger partial charge in [0.05, 0.1) is 0 Å². The van der Waals surface area contributed by atoms with Crippen LogP contribution in [0.4, 0.5) is 4.79 Å². The zero-order chi connectivity index (χ0) is 17.8. The molecular formula is C17H23ClN2O4. The summed E-state index contributed by atoms with van der Waals surface area (Å²) in [7, 11) is 0. The van der Waals surface area contributed by atoms with Crippen LogP contribution in [0, 0.1) is 0 Å². The largest absolute Gasteiger partial charge is 0.460 e. The third kappa shape index (κ3) is 7.48. The van der Waals surface area contributed by atoms with Crippen LogP contribution in [0.3, 0.4) is 0 Å². The van der Waals surface area contributed by atoms with Crippen LogP contribution in [0.2, 0.25) is 5.02 Å². The molecule has 3 N–H and O–H groups in total. The average molecular weight is 355 g/mol. The molecule has 0 aliphatic carbocycles. The molecule has 1 rings (SSSR count). The second-order valence-electron chi connectivity index (χ2n) is 5.07. The molecule has 0 heterocycles.